The fourth-order valence-electron chi connectivity index (χ4n) is 3.89. The average molecular weight is 300 g/mol. The van der Waals surface area contributed by atoms with Crippen LogP contribution >= 0.6 is 12.2 Å². The molecule has 0 saturated heterocycles. The first-order valence-electron chi connectivity index (χ1n) is 7.76. The van der Waals surface area contributed by atoms with Crippen molar-refractivity contribution in [3.05, 3.63) is 30.1 Å². The van der Waals surface area contributed by atoms with E-state index in [0.717, 1.165) is 33.8 Å². The van der Waals surface area contributed by atoms with E-state index in [1.165, 1.54) is 25.7 Å². The van der Waals surface area contributed by atoms with Gasteiger partial charge in [0.1, 0.15) is 5.82 Å². The quantitative estimate of drug-likeness (QED) is 0.763. The second kappa shape index (κ2) is 5.30. The molecule has 1 aromatic heterocycles. The van der Waals surface area contributed by atoms with E-state index in [1.54, 1.807) is 0 Å². The van der Waals surface area contributed by atoms with Gasteiger partial charge >= 0.3 is 0 Å². The molecule has 0 unspecified atom stereocenters. The Labute approximate surface area is 129 Å². The van der Waals surface area contributed by atoms with Crippen molar-refractivity contribution in [3.8, 4) is 0 Å². The number of nitrogens with zero attached hydrogens (tertiary/aromatic N) is 1. The largest absolute Gasteiger partial charge is 0.360 e. The molecule has 4 nitrogen and oxygen atoms in total. The Balaban J connectivity index is 1.32. The van der Waals surface area contributed by atoms with Gasteiger partial charge in [0.25, 0.3) is 0 Å². The maximum atomic E-state index is 5.42. The summed E-state index contributed by atoms with van der Waals surface area (Å²) in [7, 11) is 0. The van der Waals surface area contributed by atoms with Gasteiger partial charge in [-0.25, -0.2) is 4.98 Å². The van der Waals surface area contributed by atoms with Crippen molar-refractivity contribution in [1.82, 2.24) is 20.6 Å². The van der Waals surface area contributed by atoms with E-state index in [9.17, 15) is 0 Å². The smallest absolute Gasteiger partial charge is 0.166 e. The summed E-state index contributed by atoms with van der Waals surface area (Å²) < 4.78 is 0. The van der Waals surface area contributed by atoms with Crippen molar-refractivity contribution in [2.45, 2.75) is 38.3 Å². The first-order valence-corrected chi connectivity index (χ1v) is 8.17. The van der Waals surface area contributed by atoms with Crippen molar-refractivity contribution in [3.63, 3.8) is 0 Å². The van der Waals surface area contributed by atoms with Crippen LogP contribution in [0.1, 0.15) is 31.5 Å². The number of benzene rings is 1. The number of para-hydroxylation sites is 2. The maximum absolute atomic E-state index is 5.42. The van der Waals surface area contributed by atoms with Gasteiger partial charge in [-0.15, -0.1) is 0 Å². The zero-order valence-corrected chi connectivity index (χ0v) is 12.7. The lowest BCUT2D eigenvalue weighted by Gasteiger charge is -2.24. The summed E-state index contributed by atoms with van der Waals surface area (Å²) in [6, 6.07) is 8.65. The van der Waals surface area contributed by atoms with Crippen molar-refractivity contribution in [1.29, 1.82) is 0 Å². The Morgan fingerprint density at radius 1 is 1.29 bits per heavy atom. The number of nitrogens with one attached hydrogen (secondary N) is 3. The Hall–Kier alpha value is -1.62. The number of aromatic nitrogens is 2. The van der Waals surface area contributed by atoms with E-state index in [1.807, 2.05) is 24.3 Å². The second-order valence-corrected chi connectivity index (χ2v) is 6.72. The normalized spacial score (nSPS) is 27.1. The fourth-order valence-corrected chi connectivity index (χ4v) is 4.12. The Bertz CT molecular complexity index is 632. The van der Waals surface area contributed by atoms with Gasteiger partial charge in [0.05, 0.1) is 17.6 Å². The molecule has 4 rings (SSSR count). The Morgan fingerprint density at radius 2 is 2.19 bits per heavy atom. The summed E-state index contributed by atoms with van der Waals surface area (Å²) in [4.78, 5) is 7.86. The number of aromatic amines is 1. The molecule has 0 amide bonds. The Morgan fingerprint density at radius 3 is 2.95 bits per heavy atom. The standard InChI is InChI=1S/C16H20N4S/c21-16(20-14-8-10-5-6-11(14)7-10)17-9-15-18-12-3-1-2-4-13(12)19-15/h1-4,10-11,14H,5-9H2,(H,18,19)(H2,17,20,21)/t10-,11-,14+/m1/s1. The van der Waals surface area contributed by atoms with Crippen molar-refractivity contribution in [2.75, 3.05) is 0 Å². The number of fused-ring (bicyclic) bond motifs is 3. The molecule has 2 aliphatic carbocycles. The molecule has 0 aliphatic heterocycles. The highest BCUT2D eigenvalue weighted by Crippen LogP contribution is 2.44. The Kier molecular flexibility index (Phi) is 3.30. The minimum absolute atomic E-state index is 0.583. The lowest BCUT2D eigenvalue weighted by Crippen LogP contribution is -2.44. The molecule has 1 aromatic carbocycles. The highest BCUT2D eigenvalue weighted by Gasteiger charge is 2.39. The highest BCUT2D eigenvalue weighted by atomic mass is 32.1. The minimum Gasteiger partial charge on any atom is -0.360 e. The number of thiocarbonyl (C=S) groups is 1. The lowest BCUT2D eigenvalue weighted by atomic mass is 9.96. The number of rotatable bonds is 3. The first kappa shape index (κ1) is 13.1. The fraction of sp³-hybridized carbons (Fsp3) is 0.500. The van der Waals surface area contributed by atoms with Gasteiger partial charge in [-0.05, 0) is 55.4 Å². The van der Waals surface area contributed by atoms with E-state index < -0.39 is 0 Å². The molecule has 110 valence electrons. The topological polar surface area (TPSA) is 52.7 Å². The van der Waals surface area contributed by atoms with Gasteiger partial charge in [-0.2, -0.15) is 0 Å². The molecule has 2 fully saturated rings. The minimum atomic E-state index is 0.583. The summed E-state index contributed by atoms with van der Waals surface area (Å²) in [5.74, 6) is 2.69. The average Bonchev–Trinajstić information content (AvgIpc) is 3.19. The molecule has 3 atom stereocenters. The molecule has 0 radical (unpaired) electrons. The van der Waals surface area contributed by atoms with Gasteiger partial charge < -0.3 is 15.6 Å². The molecule has 5 heteroatoms. The summed E-state index contributed by atoms with van der Waals surface area (Å²) in [5, 5.41) is 7.52. The molecular formula is C16H20N4S. The molecule has 2 aliphatic rings. The molecule has 21 heavy (non-hydrogen) atoms. The van der Waals surface area contributed by atoms with Crippen LogP contribution in [0, 0.1) is 11.8 Å². The lowest BCUT2D eigenvalue weighted by molar-refractivity contribution is 0.389. The van der Waals surface area contributed by atoms with Gasteiger partial charge in [0.15, 0.2) is 5.11 Å². The van der Waals surface area contributed by atoms with Crippen LogP contribution in [0.25, 0.3) is 11.0 Å². The monoisotopic (exact) mass is 300 g/mol. The van der Waals surface area contributed by atoms with Crippen molar-refractivity contribution in [2.24, 2.45) is 11.8 Å². The van der Waals surface area contributed by atoms with Gasteiger partial charge in [-0.1, -0.05) is 18.6 Å². The molecule has 3 N–H and O–H groups in total. The summed E-state index contributed by atoms with van der Waals surface area (Å²) >= 11 is 5.42. The predicted molar refractivity (Wildman–Crippen MR) is 87.9 cm³/mol. The molecule has 0 spiro atoms. The number of imidazole rings is 1. The zero-order valence-electron chi connectivity index (χ0n) is 11.9. The third-order valence-corrected chi connectivity index (χ3v) is 5.17. The van der Waals surface area contributed by atoms with Crippen LogP contribution in [0.3, 0.4) is 0 Å². The van der Waals surface area contributed by atoms with E-state index in [2.05, 4.69) is 20.6 Å². The third kappa shape index (κ3) is 2.62. The molecule has 2 aromatic rings. The third-order valence-electron chi connectivity index (χ3n) is 4.91. The van der Waals surface area contributed by atoms with Crippen molar-refractivity contribution < 1.29 is 0 Å². The first-order chi connectivity index (χ1) is 10.3. The summed E-state index contributed by atoms with van der Waals surface area (Å²) in [6.07, 6.45) is 5.47. The zero-order chi connectivity index (χ0) is 14.2. The predicted octanol–water partition coefficient (Wildman–Crippen LogP) is 2.72. The van der Waals surface area contributed by atoms with E-state index in [-0.39, 0.29) is 0 Å². The number of H-pyrrole nitrogens is 1. The molecular weight excluding hydrogens is 280 g/mol. The van der Waals surface area contributed by atoms with Crippen LogP contribution in [0.4, 0.5) is 0 Å². The highest BCUT2D eigenvalue weighted by molar-refractivity contribution is 7.80. The molecule has 1 heterocycles. The van der Waals surface area contributed by atoms with Crippen LogP contribution in [0.15, 0.2) is 24.3 Å². The summed E-state index contributed by atoms with van der Waals surface area (Å²) in [5.41, 5.74) is 2.07. The SMILES string of the molecule is S=C(NCc1nc2ccccc2[nH]1)N[C@H]1C[C@@H]2CC[C@@H]1C2. The van der Waals surface area contributed by atoms with E-state index in [0.29, 0.717) is 12.6 Å². The molecule has 2 saturated carbocycles. The number of hydrogen-bond acceptors (Lipinski definition) is 2. The number of hydrogen-bond donors (Lipinski definition) is 3. The van der Waals surface area contributed by atoms with Gasteiger partial charge in [0, 0.05) is 6.04 Å². The van der Waals surface area contributed by atoms with Crippen LogP contribution < -0.4 is 10.6 Å². The summed E-state index contributed by atoms with van der Waals surface area (Å²) in [6.45, 7) is 0.640. The maximum Gasteiger partial charge on any atom is 0.166 e. The van der Waals surface area contributed by atoms with E-state index in [4.69, 9.17) is 12.2 Å². The van der Waals surface area contributed by atoms with Crippen LogP contribution in [0.5, 0.6) is 0 Å². The van der Waals surface area contributed by atoms with Crippen LogP contribution in [0.2, 0.25) is 0 Å². The van der Waals surface area contributed by atoms with Crippen LogP contribution in [-0.4, -0.2) is 21.1 Å². The molecule has 2 bridgehead atoms. The van der Waals surface area contributed by atoms with Crippen molar-refractivity contribution >= 4 is 28.4 Å². The van der Waals surface area contributed by atoms with Crippen LogP contribution in [-0.2, 0) is 6.54 Å². The second-order valence-electron chi connectivity index (χ2n) is 6.31. The van der Waals surface area contributed by atoms with Gasteiger partial charge in [-0.3, -0.25) is 0 Å². The van der Waals surface area contributed by atoms with Gasteiger partial charge in [0.2, 0.25) is 0 Å². The van der Waals surface area contributed by atoms with E-state index >= 15 is 0 Å².